The van der Waals surface area contributed by atoms with Gasteiger partial charge in [0.2, 0.25) is 0 Å². The zero-order chi connectivity index (χ0) is 10.8. The number of nitrogens with zero attached hydrogens (tertiary/aromatic N) is 2. The highest BCUT2D eigenvalue weighted by molar-refractivity contribution is 7.99. The Hall–Kier alpha value is -0.420. The first-order chi connectivity index (χ1) is 7.24. The minimum Gasteiger partial charge on any atom is -0.290 e. The molecule has 1 aliphatic rings. The van der Waals surface area contributed by atoms with Crippen LogP contribution in [0.1, 0.15) is 19.0 Å². The quantitative estimate of drug-likeness (QED) is 0.599. The first-order valence-electron chi connectivity index (χ1n) is 5.09. The van der Waals surface area contributed by atoms with E-state index in [9.17, 15) is 4.79 Å². The number of hydrogen-bond acceptors (Lipinski definition) is 4. The van der Waals surface area contributed by atoms with Gasteiger partial charge >= 0.3 is 0 Å². The summed E-state index contributed by atoms with van der Waals surface area (Å²) >= 11 is 3.31. The Morgan fingerprint density at radius 2 is 2.40 bits per heavy atom. The van der Waals surface area contributed by atoms with Crippen LogP contribution in [0.15, 0.2) is 14.8 Å². The summed E-state index contributed by atoms with van der Waals surface area (Å²) in [5.74, 6) is 2.02. The van der Waals surface area contributed by atoms with E-state index in [1.807, 2.05) is 7.05 Å². The number of hydrogen-bond donors (Lipinski definition) is 0. The number of thioether (sulfide) groups is 2. The van der Waals surface area contributed by atoms with Gasteiger partial charge in [-0.2, -0.15) is 0 Å². The molecule has 3 nitrogen and oxygen atoms in total. The molecule has 2 heterocycles. The van der Waals surface area contributed by atoms with Gasteiger partial charge in [-0.25, -0.2) is 4.98 Å². The predicted molar refractivity (Wildman–Crippen MR) is 64.9 cm³/mol. The van der Waals surface area contributed by atoms with Gasteiger partial charge in [-0.3, -0.25) is 9.36 Å². The van der Waals surface area contributed by atoms with Crippen LogP contribution >= 0.6 is 23.5 Å². The summed E-state index contributed by atoms with van der Waals surface area (Å²) in [6.07, 6.45) is 2.04. The van der Waals surface area contributed by atoms with Gasteiger partial charge in [0.05, 0.1) is 10.6 Å². The van der Waals surface area contributed by atoms with E-state index in [-0.39, 0.29) is 5.56 Å². The number of fused-ring (bicyclic) bond motifs is 1. The van der Waals surface area contributed by atoms with Crippen molar-refractivity contribution in [1.82, 2.24) is 9.55 Å². The van der Waals surface area contributed by atoms with E-state index >= 15 is 0 Å². The van der Waals surface area contributed by atoms with Gasteiger partial charge in [0.1, 0.15) is 0 Å². The van der Waals surface area contributed by atoms with E-state index < -0.39 is 0 Å². The molecule has 1 aliphatic heterocycles. The molecule has 0 spiro atoms. The molecule has 5 heteroatoms. The fourth-order valence-corrected chi connectivity index (χ4v) is 3.40. The average Bonchev–Trinajstić information content (AvgIpc) is 2.69. The molecule has 2 rings (SSSR count). The molecule has 0 atom stereocenters. The Bertz CT molecular complexity index is 428. The van der Waals surface area contributed by atoms with Crippen LogP contribution in [0.2, 0.25) is 0 Å². The fourth-order valence-electron chi connectivity index (χ4n) is 1.49. The number of rotatable bonds is 3. The normalized spacial score (nSPS) is 14.3. The van der Waals surface area contributed by atoms with Gasteiger partial charge in [-0.15, -0.1) is 11.8 Å². The van der Waals surface area contributed by atoms with Crippen LogP contribution in [-0.4, -0.2) is 21.1 Å². The molecule has 0 N–H and O–H groups in total. The molecule has 0 fully saturated rings. The lowest BCUT2D eigenvalue weighted by Gasteiger charge is -2.08. The SMILES string of the molecule is CCCSc1nc2c(c(=O)n1C)SCC2. The molecule has 0 saturated heterocycles. The molecule has 1 aromatic heterocycles. The van der Waals surface area contributed by atoms with Crippen molar-refractivity contribution in [2.45, 2.75) is 29.8 Å². The van der Waals surface area contributed by atoms with E-state index in [1.54, 1.807) is 28.1 Å². The standard InChI is InChI=1S/C10H14N2OS2/c1-3-5-15-10-11-7-4-6-14-8(7)9(13)12(10)2/h3-6H2,1-2H3. The van der Waals surface area contributed by atoms with E-state index in [2.05, 4.69) is 11.9 Å². The Morgan fingerprint density at radius 1 is 1.60 bits per heavy atom. The Balaban J connectivity index is 2.40. The Morgan fingerprint density at radius 3 is 3.13 bits per heavy atom. The molecule has 0 aliphatic carbocycles. The second kappa shape index (κ2) is 4.61. The van der Waals surface area contributed by atoms with Crippen molar-refractivity contribution in [1.29, 1.82) is 0 Å². The van der Waals surface area contributed by atoms with Crippen molar-refractivity contribution >= 4 is 23.5 Å². The maximum atomic E-state index is 11.9. The van der Waals surface area contributed by atoms with Crippen LogP contribution < -0.4 is 5.56 Å². The van der Waals surface area contributed by atoms with E-state index in [0.717, 1.165) is 40.1 Å². The molecular formula is C10H14N2OS2. The maximum absolute atomic E-state index is 11.9. The summed E-state index contributed by atoms with van der Waals surface area (Å²) in [7, 11) is 1.81. The fraction of sp³-hybridized carbons (Fsp3) is 0.600. The summed E-state index contributed by atoms with van der Waals surface area (Å²) in [6.45, 7) is 2.13. The summed E-state index contributed by atoms with van der Waals surface area (Å²) in [5.41, 5.74) is 1.13. The Kier molecular flexibility index (Phi) is 3.41. The molecule has 0 saturated carbocycles. The van der Waals surface area contributed by atoms with E-state index in [4.69, 9.17) is 0 Å². The maximum Gasteiger partial charge on any atom is 0.267 e. The molecule has 1 aromatic rings. The molecule has 0 unspecified atom stereocenters. The second-order valence-corrected chi connectivity index (χ2v) is 5.65. The van der Waals surface area contributed by atoms with Gasteiger partial charge in [0.15, 0.2) is 5.16 Å². The van der Waals surface area contributed by atoms with Crippen molar-refractivity contribution in [2.75, 3.05) is 11.5 Å². The largest absolute Gasteiger partial charge is 0.290 e. The zero-order valence-corrected chi connectivity index (χ0v) is 10.6. The molecule has 82 valence electrons. The molecular weight excluding hydrogens is 228 g/mol. The van der Waals surface area contributed by atoms with Crippen LogP contribution in [0.25, 0.3) is 0 Å². The molecule has 0 aromatic carbocycles. The monoisotopic (exact) mass is 242 g/mol. The van der Waals surface area contributed by atoms with E-state index in [1.165, 1.54) is 0 Å². The van der Waals surface area contributed by atoms with Crippen molar-refractivity contribution in [2.24, 2.45) is 7.05 Å². The predicted octanol–water partition coefficient (Wildman–Crippen LogP) is 1.93. The molecule has 0 radical (unpaired) electrons. The summed E-state index contributed by atoms with van der Waals surface area (Å²) < 4.78 is 1.68. The van der Waals surface area contributed by atoms with Gasteiger partial charge < -0.3 is 0 Å². The zero-order valence-electron chi connectivity index (χ0n) is 8.95. The van der Waals surface area contributed by atoms with Crippen molar-refractivity contribution < 1.29 is 0 Å². The highest BCUT2D eigenvalue weighted by Crippen LogP contribution is 2.28. The van der Waals surface area contributed by atoms with E-state index in [0.29, 0.717) is 0 Å². The van der Waals surface area contributed by atoms with Crippen molar-refractivity contribution in [3.8, 4) is 0 Å². The first kappa shape index (κ1) is 11.1. The smallest absolute Gasteiger partial charge is 0.267 e. The second-order valence-electron chi connectivity index (χ2n) is 3.48. The summed E-state index contributed by atoms with van der Waals surface area (Å²) in [5, 5.41) is 0.864. The van der Waals surface area contributed by atoms with Gasteiger partial charge in [0.25, 0.3) is 5.56 Å². The highest BCUT2D eigenvalue weighted by atomic mass is 32.2. The van der Waals surface area contributed by atoms with Crippen LogP contribution in [0.4, 0.5) is 0 Å². The molecule has 0 amide bonds. The Labute approximate surface area is 97.7 Å². The average molecular weight is 242 g/mol. The van der Waals surface area contributed by atoms with Crippen molar-refractivity contribution in [3.05, 3.63) is 16.0 Å². The van der Waals surface area contributed by atoms with Crippen molar-refractivity contribution in [3.63, 3.8) is 0 Å². The van der Waals surface area contributed by atoms with Crippen LogP contribution in [0.5, 0.6) is 0 Å². The third-order valence-corrected chi connectivity index (χ3v) is 4.64. The minimum absolute atomic E-state index is 0.126. The summed E-state index contributed by atoms with van der Waals surface area (Å²) in [6, 6.07) is 0. The van der Waals surface area contributed by atoms with Gasteiger partial charge in [-0.1, -0.05) is 18.7 Å². The lowest BCUT2D eigenvalue weighted by Crippen LogP contribution is -2.22. The number of aryl methyl sites for hydroxylation is 1. The van der Waals surface area contributed by atoms with Crippen LogP contribution in [-0.2, 0) is 13.5 Å². The summed E-state index contributed by atoms with van der Waals surface area (Å²) in [4.78, 5) is 17.3. The lowest BCUT2D eigenvalue weighted by molar-refractivity contribution is 0.669. The van der Waals surface area contributed by atoms with Gasteiger partial charge in [0, 0.05) is 25.0 Å². The van der Waals surface area contributed by atoms with Crippen LogP contribution in [0, 0.1) is 0 Å². The number of aromatic nitrogens is 2. The molecule has 0 bridgehead atoms. The topological polar surface area (TPSA) is 34.9 Å². The first-order valence-corrected chi connectivity index (χ1v) is 7.06. The van der Waals surface area contributed by atoms with Gasteiger partial charge in [-0.05, 0) is 6.42 Å². The third-order valence-electron chi connectivity index (χ3n) is 2.30. The highest BCUT2D eigenvalue weighted by Gasteiger charge is 2.19. The molecule has 15 heavy (non-hydrogen) atoms. The lowest BCUT2D eigenvalue weighted by atomic mass is 10.3. The third kappa shape index (κ3) is 2.08. The van der Waals surface area contributed by atoms with Crippen LogP contribution in [0.3, 0.4) is 0 Å². The minimum atomic E-state index is 0.126.